The van der Waals surface area contributed by atoms with E-state index in [9.17, 15) is 8.78 Å². The average Bonchev–Trinajstić information content (AvgIpc) is 2.54. The third-order valence-corrected chi connectivity index (χ3v) is 4.03. The maximum atomic E-state index is 14.1. The molecule has 1 spiro atoms. The maximum Gasteiger partial charge on any atom is 0.181 e. The van der Waals surface area contributed by atoms with Gasteiger partial charge in [0.1, 0.15) is 0 Å². The van der Waals surface area contributed by atoms with Crippen LogP contribution >= 0.6 is 0 Å². The highest BCUT2D eigenvalue weighted by molar-refractivity contribution is 5.27. The summed E-state index contributed by atoms with van der Waals surface area (Å²) in [6.45, 7) is 6.41. The number of nitrogens with zero attached hydrogens (tertiary/aromatic N) is 1. The second-order valence-corrected chi connectivity index (χ2v) is 6.11. The van der Waals surface area contributed by atoms with E-state index in [0.29, 0.717) is 12.2 Å². The fourth-order valence-electron chi connectivity index (χ4n) is 3.49. The van der Waals surface area contributed by atoms with Crippen molar-refractivity contribution in [2.45, 2.75) is 44.3 Å². The molecule has 1 aromatic heterocycles. The highest BCUT2D eigenvalue weighted by Crippen LogP contribution is 2.39. The lowest BCUT2D eigenvalue weighted by atomic mass is 9.80. The Bertz CT molecular complexity index is 473. The summed E-state index contributed by atoms with van der Waals surface area (Å²) >= 11 is 0. The van der Waals surface area contributed by atoms with Crippen molar-refractivity contribution in [1.82, 2.24) is 15.2 Å². The Morgan fingerprint density at radius 1 is 1.22 bits per heavy atom. The van der Waals surface area contributed by atoms with Gasteiger partial charge in [-0.1, -0.05) is 0 Å². The van der Waals surface area contributed by atoms with Crippen LogP contribution in [0.25, 0.3) is 0 Å². The van der Waals surface area contributed by atoms with Crippen LogP contribution in [0.4, 0.5) is 8.78 Å². The molecule has 0 atom stereocenters. The quantitative estimate of drug-likeness (QED) is 0.739. The second kappa shape index (κ2) is 3.78. The summed E-state index contributed by atoms with van der Waals surface area (Å²) < 4.78 is 29.4. The molecule has 0 aliphatic carbocycles. The molecular weight excluding hydrogens is 236 g/mol. The van der Waals surface area contributed by atoms with Crippen LogP contribution in [0.2, 0.25) is 0 Å². The minimum Gasteiger partial charge on any atom is -0.342 e. The first-order valence-corrected chi connectivity index (χ1v) is 6.48. The summed E-state index contributed by atoms with van der Waals surface area (Å²) in [5.41, 5.74) is -0.0789. The monoisotopic (exact) mass is 255 g/mol. The molecule has 0 bridgehead atoms. The van der Waals surface area contributed by atoms with Gasteiger partial charge in [0.15, 0.2) is 11.6 Å². The number of aromatic nitrogens is 1. The lowest BCUT2D eigenvalue weighted by Crippen LogP contribution is -2.63. The highest BCUT2D eigenvalue weighted by Gasteiger charge is 2.46. The van der Waals surface area contributed by atoms with Crippen molar-refractivity contribution in [2.24, 2.45) is 0 Å². The molecule has 3 nitrogen and oxygen atoms in total. The molecule has 0 radical (unpaired) electrons. The first-order chi connectivity index (χ1) is 8.44. The van der Waals surface area contributed by atoms with Gasteiger partial charge in [-0.05, 0) is 39.8 Å². The van der Waals surface area contributed by atoms with Crippen LogP contribution in [-0.4, -0.2) is 23.2 Å². The van der Waals surface area contributed by atoms with E-state index in [1.165, 1.54) is 6.20 Å². The minimum atomic E-state index is -0.734. The zero-order valence-corrected chi connectivity index (χ0v) is 10.8. The van der Waals surface area contributed by atoms with E-state index in [2.05, 4.69) is 24.5 Å². The van der Waals surface area contributed by atoms with Crippen LogP contribution < -0.4 is 10.6 Å². The molecule has 0 amide bonds. The smallest absolute Gasteiger partial charge is 0.181 e. The normalized spacial score (nSPS) is 25.1. The molecule has 2 aliphatic heterocycles. The van der Waals surface area contributed by atoms with Crippen molar-refractivity contribution < 1.29 is 8.78 Å². The Kier molecular flexibility index (Phi) is 2.54. The van der Waals surface area contributed by atoms with E-state index in [4.69, 9.17) is 0 Å². The molecule has 1 saturated heterocycles. The third kappa shape index (κ3) is 1.68. The largest absolute Gasteiger partial charge is 0.342 e. The van der Waals surface area contributed by atoms with Crippen molar-refractivity contribution in [3.05, 3.63) is 23.5 Å². The fourth-order valence-corrected chi connectivity index (χ4v) is 3.49. The van der Waals surface area contributed by atoms with E-state index in [0.717, 1.165) is 25.9 Å². The summed E-state index contributed by atoms with van der Waals surface area (Å²) in [6, 6.07) is 0. The predicted octanol–water partition coefficient (Wildman–Crippen LogP) is 1.73. The Balaban J connectivity index is 2.14. The standard InChI is InChI=1S/C13H19F2N3/c1-12(2)8-18-7-9(14)10(15)11(18)13(17-12)3-5-16-6-4-13/h7,16-17H,3-6,8H2,1-2H3. The Morgan fingerprint density at radius 3 is 2.56 bits per heavy atom. The summed E-state index contributed by atoms with van der Waals surface area (Å²) in [5.74, 6) is -1.41. The number of rotatable bonds is 0. The molecule has 5 heteroatoms. The molecule has 3 heterocycles. The Hall–Kier alpha value is -0.940. The van der Waals surface area contributed by atoms with Crippen LogP contribution in [0.15, 0.2) is 6.20 Å². The Morgan fingerprint density at radius 2 is 1.89 bits per heavy atom. The van der Waals surface area contributed by atoms with Crippen LogP contribution in [0.5, 0.6) is 0 Å². The highest BCUT2D eigenvalue weighted by atomic mass is 19.2. The molecule has 2 N–H and O–H groups in total. The number of piperidine rings is 1. The van der Waals surface area contributed by atoms with Gasteiger partial charge >= 0.3 is 0 Å². The lowest BCUT2D eigenvalue weighted by molar-refractivity contribution is 0.121. The van der Waals surface area contributed by atoms with Crippen molar-refractivity contribution in [3.63, 3.8) is 0 Å². The topological polar surface area (TPSA) is 29.0 Å². The molecule has 100 valence electrons. The molecule has 3 rings (SSSR count). The van der Waals surface area contributed by atoms with Crippen molar-refractivity contribution in [3.8, 4) is 0 Å². The van der Waals surface area contributed by atoms with Crippen molar-refractivity contribution in [1.29, 1.82) is 0 Å². The molecule has 2 aliphatic rings. The first-order valence-electron chi connectivity index (χ1n) is 6.48. The van der Waals surface area contributed by atoms with Gasteiger partial charge in [-0.25, -0.2) is 8.78 Å². The van der Waals surface area contributed by atoms with E-state index in [1.54, 1.807) is 4.57 Å². The first kappa shape index (κ1) is 12.1. The van der Waals surface area contributed by atoms with E-state index in [-0.39, 0.29) is 5.54 Å². The van der Waals surface area contributed by atoms with Gasteiger partial charge in [0.2, 0.25) is 0 Å². The van der Waals surface area contributed by atoms with Gasteiger partial charge in [-0.2, -0.15) is 0 Å². The minimum absolute atomic E-state index is 0.151. The Labute approximate surface area is 106 Å². The fraction of sp³-hybridized carbons (Fsp3) is 0.692. The molecule has 1 aromatic rings. The number of nitrogens with one attached hydrogen (secondary N) is 2. The summed E-state index contributed by atoms with van der Waals surface area (Å²) in [5, 5.41) is 6.83. The summed E-state index contributed by atoms with van der Waals surface area (Å²) in [6.07, 6.45) is 2.88. The van der Waals surface area contributed by atoms with Gasteiger partial charge in [0, 0.05) is 18.3 Å². The van der Waals surface area contributed by atoms with Crippen LogP contribution in [0.3, 0.4) is 0 Å². The summed E-state index contributed by atoms with van der Waals surface area (Å²) in [7, 11) is 0. The van der Waals surface area contributed by atoms with Gasteiger partial charge in [-0.3, -0.25) is 5.32 Å². The lowest BCUT2D eigenvalue weighted by Gasteiger charge is -2.49. The van der Waals surface area contributed by atoms with Crippen molar-refractivity contribution >= 4 is 0 Å². The molecule has 0 unspecified atom stereocenters. The van der Waals surface area contributed by atoms with Gasteiger partial charge in [0.25, 0.3) is 0 Å². The number of hydrogen-bond acceptors (Lipinski definition) is 2. The van der Waals surface area contributed by atoms with Crippen molar-refractivity contribution in [2.75, 3.05) is 13.1 Å². The van der Waals surface area contributed by atoms with Gasteiger partial charge in [-0.15, -0.1) is 0 Å². The number of halogens is 2. The zero-order chi connectivity index (χ0) is 13.0. The van der Waals surface area contributed by atoms with Gasteiger partial charge < -0.3 is 9.88 Å². The molecule has 18 heavy (non-hydrogen) atoms. The number of fused-ring (bicyclic) bond motifs is 2. The van der Waals surface area contributed by atoms with Gasteiger partial charge in [0.05, 0.1) is 11.2 Å². The summed E-state index contributed by atoms with van der Waals surface area (Å²) in [4.78, 5) is 0. The van der Waals surface area contributed by atoms with E-state index < -0.39 is 17.2 Å². The molecule has 0 saturated carbocycles. The number of hydrogen-bond donors (Lipinski definition) is 2. The van der Waals surface area contributed by atoms with Crippen LogP contribution in [0.1, 0.15) is 32.4 Å². The predicted molar refractivity (Wildman–Crippen MR) is 65.3 cm³/mol. The third-order valence-electron chi connectivity index (χ3n) is 4.03. The molecular formula is C13H19F2N3. The van der Waals surface area contributed by atoms with Crippen LogP contribution in [-0.2, 0) is 12.1 Å². The molecule has 0 aromatic carbocycles. The van der Waals surface area contributed by atoms with E-state index >= 15 is 0 Å². The SMILES string of the molecule is CC1(C)Cn2cc(F)c(F)c2C2(CCNCC2)N1. The van der Waals surface area contributed by atoms with Crippen LogP contribution in [0, 0.1) is 11.6 Å². The molecule has 1 fully saturated rings. The zero-order valence-electron chi connectivity index (χ0n) is 10.8. The second-order valence-electron chi connectivity index (χ2n) is 6.11. The maximum absolute atomic E-state index is 14.1. The van der Waals surface area contributed by atoms with E-state index in [1.807, 2.05) is 0 Å². The average molecular weight is 255 g/mol.